The average molecular weight is 366 g/mol. The highest BCUT2D eigenvalue weighted by Crippen LogP contribution is 2.32. The van der Waals surface area contributed by atoms with Gasteiger partial charge in [-0.2, -0.15) is 0 Å². The fraction of sp³-hybridized carbons (Fsp3) is 0.667. The zero-order valence-corrected chi connectivity index (χ0v) is 16.6. The second kappa shape index (κ2) is 7.58. The molecule has 132 valence electrons. The second-order valence-corrected chi connectivity index (χ2v) is 9.97. The summed E-state index contributed by atoms with van der Waals surface area (Å²) in [4.78, 5) is 9.02. The first kappa shape index (κ1) is 18.0. The molecule has 1 N–H and O–H groups in total. The quantitative estimate of drug-likeness (QED) is 0.782. The third kappa shape index (κ3) is 4.61. The lowest BCUT2D eigenvalue weighted by Gasteiger charge is -2.29. The highest BCUT2D eigenvalue weighted by molar-refractivity contribution is 8.00. The summed E-state index contributed by atoms with van der Waals surface area (Å²) in [6.45, 7) is 9.87. The van der Waals surface area contributed by atoms with Gasteiger partial charge < -0.3 is 9.73 Å². The first-order chi connectivity index (χ1) is 11.4. The van der Waals surface area contributed by atoms with E-state index >= 15 is 0 Å². The molecule has 0 spiro atoms. The van der Waals surface area contributed by atoms with E-state index in [1.165, 1.54) is 22.1 Å². The van der Waals surface area contributed by atoms with E-state index in [1.54, 1.807) is 11.8 Å². The van der Waals surface area contributed by atoms with Crippen molar-refractivity contribution in [1.82, 2.24) is 15.3 Å². The maximum Gasteiger partial charge on any atom is 0.204 e. The van der Waals surface area contributed by atoms with E-state index in [2.05, 4.69) is 43.0 Å². The van der Waals surface area contributed by atoms with E-state index in [0.29, 0.717) is 12.0 Å². The molecule has 0 radical (unpaired) electrons. The van der Waals surface area contributed by atoms with Crippen LogP contribution in [0.25, 0.3) is 0 Å². The fourth-order valence-corrected chi connectivity index (χ4v) is 4.89. The van der Waals surface area contributed by atoms with Crippen LogP contribution in [0.3, 0.4) is 0 Å². The number of hydrogen-bond acceptors (Lipinski definition) is 6. The predicted molar refractivity (Wildman–Crippen MR) is 101 cm³/mol. The molecule has 24 heavy (non-hydrogen) atoms. The highest BCUT2D eigenvalue weighted by atomic mass is 32.2. The van der Waals surface area contributed by atoms with E-state index in [-0.39, 0.29) is 5.41 Å². The number of oxazole rings is 1. The lowest BCUT2D eigenvalue weighted by atomic mass is 9.89. The Hall–Kier alpha value is -0.850. The van der Waals surface area contributed by atoms with Gasteiger partial charge in [0.15, 0.2) is 0 Å². The summed E-state index contributed by atoms with van der Waals surface area (Å²) in [5, 5.41) is 4.82. The van der Waals surface area contributed by atoms with Crippen molar-refractivity contribution in [2.45, 2.75) is 68.4 Å². The maximum atomic E-state index is 5.86. The van der Waals surface area contributed by atoms with Crippen molar-refractivity contribution in [3.63, 3.8) is 0 Å². The van der Waals surface area contributed by atoms with Gasteiger partial charge >= 0.3 is 0 Å². The van der Waals surface area contributed by atoms with Crippen molar-refractivity contribution in [1.29, 1.82) is 0 Å². The topological polar surface area (TPSA) is 51.0 Å². The van der Waals surface area contributed by atoms with Gasteiger partial charge in [0.05, 0.1) is 27.4 Å². The van der Waals surface area contributed by atoms with Crippen molar-refractivity contribution in [3.05, 3.63) is 29.1 Å². The van der Waals surface area contributed by atoms with Crippen molar-refractivity contribution >= 4 is 23.1 Å². The molecule has 0 amide bonds. The summed E-state index contributed by atoms with van der Waals surface area (Å²) in [5.41, 5.74) is 0.0122. The SMILES string of the molecule is C[C@H]1NCCC[C@H]1Cc1ncc(SCc2ncc(C(C)(C)C)o2)s1. The minimum atomic E-state index is 0.0122. The van der Waals surface area contributed by atoms with Crippen LogP contribution < -0.4 is 5.32 Å². The minimum Gasteiger partial charge on any atom is -0.444 e. The molecule has 3 rings (SSSR count). The zero-order chi connectivity index (χ0) is 17.2. The van der Waals surface area contributed by atoms with Crippen LogP contribution in [0.5, 0.6) is 0 Å². The third-order valence-electron chi connectivity index (χ3n) is 4.52. The average Bonchev–Trinajstić information content (AvgIpc) is 3.16. The fourth-order valence-electron chi connectivity index (χ4n) is 2.92. The highest BCUT2D eigenvalue weighted by Gasteiger charge is 2.22. The summed E-state index contributed by atoms with van der Waals surface area (Å²) < 4.78 is 7.10. The molecule has 1 saturated heterocycles. The van der Waals surface area contributed by atoms with Crippen molar-refractivity contribution in [2.75, 3.05) is 6.54 Å². The molecule has 2 aromatic heterocycles. The Labute approximate surface area is 152 Å². The van der Waals surface area contributed by atoms with Crippen molar-refractivity contribution < 1.29 is 4.42 Å². The van der Waals surface area contributed by atoms with Crippen LogP contribution in [-0.4, -0.2) is 22.6 Å². The van der Waals surface area contributed by atoms with Crippen LogP contribution >= 0.6 is 23.1 Å². The number of rotatable bonds is 5. The molecule has 1 aliphatic rings. The predicted octanol–water partition coefficient (Wildman–Crippen LogP) is 4.65. The van der Waals surface area contributed by atoms with E-state index < -0.39 is 0 Å². The van der Waals surface area contributed by atoms with E-state index in [4.69, 9.17) is 4.42 Å². The van der Waals surface area contributed by atoms with Crippen LogP contribution in [0.15, 0.2) is 21.0 Å². The lowest BCUT2D eigenvalue weighted by molar-refractivity contribution is 0.295. The van der Waals surface area contributed by atoms with Crippen LogP contribution in [0.4, 0.5) is 0 Å². The standard InChI is InChI=1S/C18H27N3OS2/c1-12-13(6-5-7-19-12)8-16-21-10-17(24-16)23-11-15-20-9-14(22-15)18(2,3)4/h9-10,12-13,19H,5-8,11H2,1-4H3/t12-,13+/m1/s1. The van der Waals surface area contributed by atoms with Gasteiger partial charge in [0.2, 0.25) is 5.89 Å². The van der Waals surface area contributed by atoms with Gasteiger partial charge in [0, 0.05) is 17.9 Å². The molecule has 1 fully saturated rings. The van der Waals surface area contributed by atoms with Crippen LogP contribution in [0.1, 0.15) is 57.2 Å². The van der Waals surface area contributed by atoms with Gasteiger partial charge in [-0.05, 0) is 32.2 Å². The Morgan fingerprint density at radius 2 is 2.17 bits per heavy atom. The first-order valence-corrected chi connectivity index (χ1v) is 10.5. The monoisotopic (exact) mass is 365 g/mol. The molecule has 0 unspecified atom stereocenters. The third-order valence-corrected chi connectivity index (χ3v) is 6.72. The largest absolute Gasteiger partial charge is 0.444 e. The number of aromatic nitrogens is 2. The van der Waals surface area contributed by atoms with Gasteiger partial charge in [-0.3, -0.25) is 0 Å². The van der Waals surface area contributed by atoms with Crippen LogP contribution in [0.2, 0.25) is 0 Å². The Morgan fingerprint density at radius 1 is 1.33 bits per heavy atom. The van der Waals surface area contributed by atoms with Gasteiger partial charge in [0.25, 0.3) is 0 Å². The van der Waals surface area contributed by atoms with E-state index in [1.807, 2.05) is 23.7 Å². The zero-order valence-electron chi connectivity index (χ0n) is 15.0. The summed E-state index contributed by atoms with van der Waals surface area (Å²) >= 11 is 3.58. The number of thioether (sulfide) groups is 1. The van der Waals surface area contributed by atoms with Gasteiger partial charge in [-0.1, -0.05) is 20.8 Å². The maximum absolute atomic E-state index is 5.86. The van der Waals surface area contributed by atoms with Crippen molar-refractivity contribution in [2.24, 2.45) is 5.92 Å². The lowest BCUT2D eigenvalue weighted by Crippen LogP contribution is -2.39. The summed E-state index contributed by atoms with van der Waals surface area (Å²) in [5.74, 6) is 3.22. The van der Waals surface area contributed by atoms with Crippen molar-refractivity contribution in [3.8, 4) is 0 Å². The van der Waals surface area contributed by atoms with Gasteiger partial charge in [-0.15, -0.1) is 23.1 Å². The summed E-state index contributed by atoms with van der Waals surface area (Å²) in [6.07, 6.45) is 7.53. The van der Waals surface area contributed by atoms with Crippen LogP contribution in [0, 0.1) is 5.92 Å². The normalized spacial score (nSPS) is 22.0. The number of nitrogens with zero attached hydrogens (tertiary/aromatic N) is 2. The second-order valence-electron chi connectivity index (χ2n) is 7.58. The van der Waals surface area contributed by atoms with Gasteiger partial charge in [-0.25, -0.2) is 9.97 Å². The number of hydrogen-bond donors (Lipinski definition) is 1. The molecule has 0 aliphatic carbocycles. The molecule has 2 atom stereocenters. The van der Waals surface area contributed by atoms with E-state index in [0.717, 1.165) is 30.4 Å². The summed E-state index contributed by atoms with van der Waals surface area (Å²) in [6, 6.07) is 0.599. The molecule has 2 aromatic rings. The molecule has 0 aromatic carbocycles. The van der Waals surface area contributed by atoms with Gasteiger partial charge in [0.1, 0.15) is 5.76 Å². The Balaban J connectivity index is 1.53. The molecular formula is C18H27N3OS2. The Bertz CT molecular complexity index is 659. The smallest absolute Gasteiger partial charge is 0.204 e. The Kier molecular flexibility index (Phi) is 5.67. The molecule has 0 bridgehead atoms. The molecule has 6 heteroatoms. The van der Waals surface area contributed by atoms with E-state index in [9.17, 15) is 0 Å². The number of thiazole rings is 1. The molecule has 4 nitrogen and oxygen atoms in total. The number of piperidine rings is 1. The first-order valence-electron chi connectivity index (χ1n) is 8.68. The number of nitrogens with one attached hydrogen (secondary N) is 1. The Morgan fingerprint density at radius 3 is 2.88 bits per heavy atom. The molecular weight excluding hydrogens is 338 g/mol. The van der Waals surface area contributed by atoms with Crippen LogP contribution in [-0.2, 0) is 17.6 Å². The molecule has 3 heterocycles. The minimum absolute atomic E-state index is 0.0122. The molecule has 1 aliphatic heterocycles. The molecule has 0 saturated carbocycles. The summed E-state index contributed by atoms with van der Waals surface area (Å²) in [7, 11) is 0.